The number of aryl methyl sites for hydroxylation is 1. The zero-order valence-electron chi connectivity index (χ0n) is 11.6. The highest BCUT2D eigenvalue weighted by Gasteiger charge is 2.09. The zero-order valence-corrected chi connectivity index (χ0v) is 13.3. The molecule has 0 radical (unpaired) electrons. The van der Waals surface area contributed by atoms with Gasteiger partial charge < -0.3 is 5.32 Å². The Morgan fingerprint density at radius 2 is 2.05 bits per heavy atom. The molecule has 9 nitrogen and oxygen atoms in total. The van der Waals surface area contributed by atoms with Gasteiger partial charge in [0.25, 0.3) is 0 Å². The Hall–Kier alpha value is -1.98. The fourth-order valence-corrected chi connectivity index (χ4v) is 2.72. The summed E-state index contributed by atoms with van der Waals surface area (Å²) in [4.78, 5) is 11.8. The molecule has 0 bridgehead atoms. The molecular weight excluding hydrogens is 328 g/mol. The number of primary sulfonamides is 1. The molecular formula is C11H14N6O3S2. The van der Waals surface area contributed by atoms with Crippen molar-refractivity contribution < 1.29 is 13.2 Å². The van der Waals surface area contributed by atoms with E-state index in [1.807, 2.05) is 0 Å². The lowest BCUT2D eigenvalue weighted by atomic mass is 10.2. The van der Waals surface area contributed by atoms with Crippen LogP contribution in [0.25, 0.3) is 0 Å². The van der Waals surface area contributed by atoms with Crippen molar-refractivity contribution in [2.24, 2.45) is 12.2 Å². The lowest BCUT2D eigenvalue weighted by Crippen LogP contribution is -2.24. The molecule has 1 aromatic carbocycles. The highest BCUT2D eigenvalue weighted by Crippen LogP contribution is 2.12. The summed E-state index contributed by atoms with van der Waals surface area (Å²) in [7, 11) is -2.01. The van der Waals surface area contributed by atoms with Crippen molar-refractivity contribution in [3.8, 4) is 0 Å². The number of hydrogen-bond acceptors (Lipinski definition) is 7. The van der Waals surface area contributed by atoms with E-state index in [0.29, 0.717) is 11.7 Å². The molecule has 3 N–H and O–H groups in total. The fraction of sp³-hybridized carbons (Fsp3) is 0.273. The Bertz CT molecular complexity index is 756. The van der Waals surface area contributed by atoms with Crippen LogP contribution in [0.4, 0.5) is 0 Å². The number of nitrogens with zero attached hydrogens (tertiary/aromatic N) is 4. The van der Waals surface area contributed by atoms with Gasteiger partial charge in [0.15, 0.2) is 0 Å². The van der Waals surface area contributed by atoms with Crippen LogP contribution in [0.1, 0.15) is 5.56 Å². The first-order valence-corrected chi connectivity index (χ1v) is 8.63. The third-order valence-electron chi connectivity index (χ3n) is 2.66. The molecule has 1 amide bonds. The van der Waals surface area contributed by atoms with Gasteiger partial charge in [0.1, 0.15) is 0 Å². The summed E-state index contributed by atoms with van der Waals surface area (Å²) in [5.74, 6) is 0.00671. The first kappa shape index (κ1) is 16.4. The monoisotopic (exact) mass is 342 g/mol. The quantitative estimate of drug-likeness (QED) is 0.661. The Morgan fingerprint density at radius 1 is 1.36 bits per heavy atom. The molecule has 118 valence electrons. The maximum Gasteiger partial charge on any atom is 0.238 e. The molecule has 2 aromatic rings. The molecule has 0 spiro atoms. The van der Waals surface area contributed by atoms with Gasteiger partial charge in [-0.3, -0.25) is 4.79 Å². The van der Waals surface area contributed by atoms with Gasteiger partial charge in [-0.25, -0.2) is 18.2 Å². The number of benzene rings is 1. The summed E-state index contributed by atoms with van der Waals surface area (Å²) >= 11 is 1.22. The van der Waals surface area contributed by atoms with Crippen LogP contribution in [0.2, 0.25) is 0 Å². The number of tetrazole rings is 1. The van der Waals surface area contributed by atoms with E-state index in [2.05, 4.69) is 20.8 Å². The van der Waals surface area contributed by atoms with E-state index < -0.39 is 10.0 Å². The molecule has 0 saturated heterocycles. The summed E-state index contributed by atoms with van der Waals surface area (Å²) in [6, 6.07) is 5.99. The number of carbonyl (C=O) groups is 1. The van der Waals surface area contributed by atoms with Crippen LogP contribution >= 0.6 is 11.8 Å². The Kier molecular flexibility index (Phi) is 5.11. The van der Waals surface area contributed by atoms with Gasteiger partial charge in [-0.1, -0.05) is 23.9 Å². The van der Waals surface area contributed by atoms with E-state index in [-0.39, 0.29) is 16.6 Å². The van der Waals surface area contributed by atoms with Crippen LogP contribution in [-0.2, 0) is 28.4 Å². The number of thioether (sulfide) groups is 1. The lowest BCUT2D eigenvalue weighted by molar-refractivity contribution is -0.118. The molecule has 0 atom stereocenters. The second-order valence-corrected chi connectivity index (χ2v) is 6.84. The van der Waals surface area contributed by atoms with Crippen molar-refractivity contribution in [2.45, 2.75) is 16.6 Å². The first-order chi connectivity index (χ1) is 10.4. The summed E-state index contributed by atoms with van der Waals surface area (Å²) in [5, 5.41) is 19.2. The molecule has 2 rings (SSSR count). The molecule has 0 fully saturated rings. The first-order valence-electron chi connectivity index (χ1n) is 6.10. The number of aromatic nitrogens is 4. The molecule has 0 aliphatic heterocycles. The average Bonchev–Trinajstić information content (AvgIpc) is 2.88. The maximum absolute atomic E-state index is 11.7. The van der Waals surface area contributed by atoms with Crippen LogP contribution in [0.5, 0.6) is 0 Å². The Balaban J connectivity index is 1.82. The number of hydrogen-bond donors (Lipinski definition) is 2. The lowest BCUT2D eigenvalue weighted by Gasteiger charge is -2.05. The second kappa shape index (κ2) is 6.85. The molecule has 0 unspecified atom stereocenters. The molecule has 0 saturated carbocycles. The number of rotatable bonds is 6. The highest BCUT2D eigenvalue weighted by atomic mass is 32.2. The molecule has 1 aromatic heterocycles. The fourth-order valence-electron chi connectivity index (χ4n) is 1.52. The van der Waals surface area contributed by atoms with Crippen molar-refractivity contribution in [3.63, 3.8) is 0 Å². The predicted octanol–water partition coefficient (Wildman–Crippen LogP) is -0.734. The SMILES string of the molecule is Cn1nnnc1SCC(=O)NCc1ccc(S(N)(=O)=O)cc1. The van der Waals surface area contributed by atoms with Gasteiger partial charge in [0.2, 0.25) is 21.1 Å². The molecule has 22 heavy (non-hydrogen) atoms. The average molecular weight is 342 g/mol. The van der Waals surface area contributed by atoms with Crippen LogP contribution in [0, 0.1) is 0 Å². The van der Waals surface area contributed by atoms with E-state index in [9.17, 15) is 13.2 Å². The Labute approximate surface area is 131 Å². The number of carbonyl (C=O) groups excluding carboxylic acids is 1. The number of amides is 1. The minimum atomic E-state index is -3.70. The number of sulfonamides is 1. The summed E-state index contributed by atoms with van der Waals surface area (Å²) in [6.07, 6.45) is 0. The van der Waals surface area contributed by atoms with Crippen LogP contribution < -0.4 is 10.5 Å². The van der Waals surface area contributed by atoms with E-state index >= 15 is 0 Å². The topological polar surface area (TPSA) is 133 Å². The normalized spacial score (nSPS) is 11.4. The van der Waals surface area contributed by atoms with Gasteiger partial charge >= 0.3 is 0 Å². The van der Waals surface area contributed by atoms with Crippen LogP contribution in [-0.4, -0.2) is 40.3 Å². The molecule has 0 aliphatic carbocycles. The van der Waals surface area contributed by atoms with E-state index in [0.717, 1.165) is 5.56 Å². The van der Waals surface area contributed by atoms with E-state index in [4.69, 9.17) is 5.14 Å². The third kappa shape index (κ3) is 4.51. The Morgan fingerprint density at radius 3 is 2.59 bits per heavy atom. The summed E-state index contributed by atoms with van der Waals surface area (Å²) in [5.41, 5.74) is 0.770. The van der Waals surface area contributed by atoms with E-state index in [1.54, 1.807) is 19.2 Å². The van der Waals surface area contributed by atoms with Crippen molar-refractivity contribution >= 4 is 27.7 Å². The zero-order chi connectivity index (χ0) is 16.2. The van der Waals surface area contributed by atoms with Crippen LogP contribution in [0.3, 0.4) is 0 Å². The number of nitrogens with one attached hydrogen (secondary N) is 1. The van der Waals surface area contributed by atoms with Crippen molar-refractivity contribution in [3.05, 3.63) is 29.8 Å². The van der Waals surface area contributed by atoms with Crippen molar-refractivity contribution in [1.29, 1.82) is 0 Å². The van der Waals surface area contributed by atoms with E-state index in [1.165, 1.54) is 28.6 Å². The standard InChI is InChI=1S/C11H14N6O3S2/c1-17-11(14-15-16-17)21-7-10(18)13-6-8-2-4-9(5-3-8)22(12,19)20/h2-5H,6-7H2,1H3,(H,13,18)(H2,12,19,20). The second-order valence-electron chi connectivity index (χ2n) is 4.34. The van der Waals surface area contributed by atoms with Gasteiger partial charge in [-0.2, -0.15) is 0 Å². The van der Waals surface area contributed by atoms with Gasteiger partial charge in [0.05, 0.1) is 10.6 Å². The summed E-state index contributed by atoms with van der Waals surface area (Å²) in [6.45, 7) is 0.293. The predicted molar refractivity (Wildman–Crippen MR) is 79.2 cm³/mol. The largest absolute Gasteiger partial charge is 0.351 e. The van der Waals surface area contributed by atoms with Gasteiger partial charge in [-0.05, 0) is 28.1 Å². The summed E-state index contributed by atoms with van der Waals surface area (Å²) < 4.78 is 23.7. The smallest absolute Gasteiger partial charge is 0.238 e. The molecule has 11 heteroatoms. The van der Waals surface area contributed by atoms with Gasteiger partial charge in [-0.15, -0.1) is 5.10 Å². The highest BCUT2D eigenvalue weighted by molar-refractivity contribution is 7.99. The third-order valence-corrected chi connectivity index (χ3v) is 4.60. The van der Waals surface area contributed by atoms with Crippen molar-refractivity contribution in [1.82, 2.24) is 25.5 Å². The molecule has 0 aliphatic rings. The number of nitrogens with two attached hydrogens (primary N) is 1. The van der Waals surface area contributed by atoms with Crippen LogP contribution in [0.15, 0.2) is 34.3 Å². The minimum absolute atomic E-state index is 0.0351. The van der Waals surface area contributed by atoms with Gasteiger partial charge in [0, 0.05) is 13.6 Å². The maximum atomic E-state index is 11.7. The van der Waals surface area contributed by atoms with Crippen molar-refractivity contribution in [2.75, 3.05) is 5.75 Å². The molecule has 1 heterocycles. The minimum Gasteiger partial charge on any atom is -0.351 e.